The average molecular weight is 237 g/mol. The van der Waals surface area contributed by atoms with Crippen molar-refractivity contribution in [1.82, 2.24) is 5.32 Å². The Kier molecular flexibility index (Phi) is 6.86. The Hall–Kier alpha value is -0.900. The van der Waals surface area contributed by atoms with Crippen LogP contribution in [-0.4, -0.2) is 24.9 Å². The van der Waals surface area contributed by atoms with Crippen LogP contribution in [0, 0.1) is 0 Å². The molecule has 17 heavy (non-hydrogen) atoms. The lowest BCUT2D eigenvalue weighted by atomic mass is 10.1. The van der Waals surface area contributed by atoms with E-state index in [4.69, 9.17) is 4.74 Å². The molecule has 0 radical (unpaired) electrons. The Balaban J connectivity index is 2.27. The van der Waals surface area contributed by atoms with Gasteiger partial charge in [-0.1, -0.05) is 37.6 Å². The molecule has 2 N–H and O–H groups in total. The van der Waals surface area contributed by atoms with E-state index >= 15 is 0 Å². The SMILES string of the molecule is CCCC(O)CNCc1ccc(COC)cc1. The maximum atomic E-state index is 9.56. The van der Waals surface area contributed by atoms with E-state index in [9.17, 15) is 5.11 Å². The minimum Gasteiger partial charge on any atom is -0.392 e. The van der Waals surface area contributed by atoms with Crippen molar-refractivity contribution < 1.29 is 9.84 Å². The molecule has 1 aromatic rings. The fourth-order valence-corrected chi connectivity index (χ4v) is 1.74. The summed E-state index contributed by atoms with van der Waals surface area (Å²) in [5.41, 5.74) is 2.41. The van der Waals surface area contributed by atoms with Crippen LogP contribution in [0.4, 0.5) is 0 Å². The predicted molar refractivity (Wildman–Crippen MR) is 69.8 cm³/mol. The fraction of sp³-hybridized carbons (Fsp3) is 0.571. The molecule has 0 spiro atoms. The van der Waals surface area contributed by atoms with Crippen LogP contribution in [0.5, 0.6) is 0 Å². The van der Waals surface area contributed by atoms with E-state index in [2.05, 4.69) is 36.5 Å². The van der Waals surface area contributed by atoms with Gasteiger partial charge in [-0.25, -0.2) is 0 Å². The van der Waals surface area contributed by atoms with E-state index in [0.717, 1.165) is 19.4 Å². The number of aliphatic hydroxyl groups is 1. The number of nitrogens with one attached hydrogen (secondary N) is 1. The van der Waals surface area contributed by atoms with Crippen molar-refractivity contribution in [1.29, 1.82) is 0 Å². The van der Waals surface area contributed by atoms with E-state index in [1.807, 2.05) is 0 Å². The quantitative estimate of drug-likeness (QED) is 0.727. The zero-order chi connectivity index (χ0) is 12.5. The average Bonchev–Trinajstić information content (AvgIpc) is 2.32. The second-order valence-corrected chi connectivity index (χ2v) is 4.32. The minimum absolute atomic E-state index is 0.229. The Morgan fingerprint density at radius 1 is 1.24 bits per heavy atom. The topological polar surface area (TPSA) is 41.5 Å². The smallest absolute Gasteiger partial charge is 0.0713 e. The molecular weight excluding hydrogens is 214 g/mol. The highest BCUT2D eigenvalue weighted by molar-refractivity contribution is 5.21. The van der Waals surface area contributed by atoms with Crippen LogP contribution in [-0.2, 0) is 17.9 Å². The van der Waals surface area contributed by atoms with E-state index < -0.39 is 0 Å². The van der Waals surface area contributed by atoms with E-state index in [1.54, 1.807) is 7.11 Å². The molecule has 1 atom stereocenters. The van der Waals surface area contributed by atoms with Gasteiger partial charge < -0.3 is 15.2 Å². The third kappa shape index (κ3) is 5.82. The summed E-state index contributed by atoms with van der Waals surface area (Å²) in [6.07, 6.45) is 1.65. The van der Waals surface area contributed by atoms with Crippen molar-refractivity contribution in [2.75, 3.05) is 13.7 Å². The monoisotopic (exact) mass is 237 g/mol. The lowest BCUT2D eigenvalue weighted by molar-refractivity contribution is 0.160. The van der Waals surface area contributed by atoms with Crippen molar-refractivity contribution in [3.8, 4) is 0 Å². The van der Waals surface area contributed by atoms with Crippen LogP contribution in [0.15, 0.2) is 24.3 Å². The summed E-state index contributed by atoms with van der Waals surface area (Å²) in [6.45, 7) is 4.20. The van der Waals surface area contributed by atoms with Gasteiger partial charge >= 0.3 is 0 Å². The lowest BCUT2D eigenvalue weighted by Crippen LogP contribution is -2.26. The first-order valence-electron chi connectivity index (χ1n) is 6.21. The largest absolute Gasteiger partial charge is 0.392 e. The summed E-state index contributed by atoms with van der Waals surface area (Å²) in [6, 6.07) is 8.33. The highest BCUT2D eigenvalue weighted by Crippen LogP contribution is 2.05. The molecule has 1 rings (SSSR count). The van der Waals surface area contributed by atoms with Gasteiger partial charge in [-0.3, -0.25) is 0 Å². The van der Waals surface area contributed by atoms with E-state index in [0.29, 0.717) is 13.2 Å². The number of ether oxygens (including phenoxy) is 1. The number of methoxy groups -OCH3 is 1. The Morgan fingerprint density at radius 3 is 2.47 bits per heavy atom. The van der Waals surface area contributed by atoms with Crippen molar-refractivity contribution in [3.05, 3.63) is 35.4 Å². The maximum Gasteiger partial charge on any atom is 0.0713 e. The second kappa shape index (κ2) is 8.23. The van der Waals surface area contributed by atoms with Crippen LogP contribution >= 0.6 is 0 Å². The molecule has 3 heteroatoms. The summed E-state index contributed by atoms with van der Waals surface area (Å²) in [7, 11) is 1.70. The summed E-state index contributed by atoms with van der Waals surface area (Å²) in [5.74, 6) is 0. The third-order valence-electron chi connectivity index (χ3n) is 2.66. The van der Waals surface area contributed by atoms with E-state index in [-0.39, 0.29) is 6.10 Å². The summed E-state index contributed by atoms with van der Waals surface area (Å²) < 4.78 is 5.06. The molecule has 1 aromatic carbocycles. The molecule has 0 aliphatic rings. The number of aliphatic hydroxyl groups excluding tert-OH is 1. The minimum atomic E-state index is -0.229. The molecule has 0 heterocycles. The van der Waals surface area contributed by atoms with Gasteiger partial charge in [-0.15, -0.1) is 0 Å². The molecular formula is C14H23NO2. The van der Waals surface area contributed by atoms with Crippen molar-refractivity contribution >= 4 is 0 Å². The fourth-order valence-electron chi connectivity index (χ4n) is 1.74. The van der Waals surface area contributed by atoms with Crippen LogP contribution in [0.3, 0.4) is 0 Å². The van der Waals surface area contributed by atoms with Gasteiger partial charge in [0.15, 0.2) is 0 Å². The first-order valence-corrected chi connectivity index (χ1v) is 6.21. The van der Waals surface area contributed by atoms with Gasteiger partial charge in [-0.05, 0) is 17.5 Å². The molecule has 0 aromatic heterocycles. The van der Waals surface area contributed by atoms with Gasteiger partial charge in [-0.2, -0.15) is 0 Å². The lowest BCUT2D eigenvalue weighted by Gasteiger charge is -2.10. The predicted octanol–water partition coefficient (Wildman–Crippen LogP) is 2.08. The van der Waals surface area contributed by atoms with Gasteiger partial charge in [0.05, 0.1) is 12.7 Å². The first-order chi connectivity index (χ1) is 8.26. The normalized spacial score (nSPS) is 12.6. The standard InChI is InChI=1S/C14H23NO2/c1-3-4-14(16)10-15-9-12-5-7-13(8-6-12)11-17-2/h5-8,14-16H,3-4,9-11H2,1-2H3. The highest BCUT2D eigenvalue weighted by Gasteiger charge is 2.01. The molecule has 96 valence electrons. The Bertz CT molecular complexity index is 298. The van der Waals surface area contributed by atoms with Gasteiger partial charge in [0.1, 0.15) is 0 Å². The number of hydrogen-bond donors (Lipinski definition) is 2. The molecule has 3 nitrogen and oxygen atoms in total. The molecule has 0 aliphatic heterocycles. The summed E-state index contributed by atoms with van der Waals surface area (Å²) in [5, 5.41) is 12.8. The zero-order valence-corrected chi connectivity index (χ0v) is 10.8. The number of hydrogen-bond acceptors (Lipinski definition) is 3. The number of benzene rings is 1. The Labute approximate surface area is 104 Å². The Morgan fingerprint density at radius 2 is 1.88 bits per heavy atom. The van der Waals surface area contributed by atoms with Crippen LogP contribution in [0.2, 0.25) is 0 Å². The molecule has 0 saturated heterocycles. The van der Waals surface area contributed by atoms with Crippen LogP contribution in [0.1, 0.15) is 30.9 Å². The second-order valence-electron chi connectivity index (χ2n) is 4.32. The molecule has 0 aliphatic carbocycles. The van der Waals surface area contributed by atoms with Gasteiger partial charge in [0.2, 0.25) is 0 Å². The van der Waals surface area contributed by atoms with Crippen molar-refractivity contribution in [3.63, 3.8) is 0 Å². The van der Waals surface area contributed by atoms with Crippen molar-refractivity contribution in [2.24, 2.45) is 0 Å². The molecule has 1 unspecified atom stereocenters. The summed E-state index contributed by atoms with van der Waals surface area (Å²) in [4.78, 5) is 0. The molecule has 0 fully saturated rings. The molecule has 0 bridgehead atoms. The van der Waals surface area contributed by atoms with Crippen molar-refractivity contribution in [2.45, 2.75) is 39.0 Å². The maximum absolute atomic E-state index is 9.56. The van der Waals surface area contributed by atoms with E-state index in [1.165, 1.54) is 11.1 Å². The zero-order valence-electron chi connectivity index (χ0n) is 10.8. The van der Waals surface area contributed by atoms with Crippen LogP contribution < -0.4 is 5.32 Å². The highest BCUT2D eigenvalue weighted by atomic mass is 16.5. The summed E-state index contributed by atoms with van der Waals surface area (Å²) >= 11 is 0. The van der Waals surface area contributed by atoms with Gasteiger partial charge in [0, 0.05) is 20.2 Å². The molecule has 0 saturated carbocycles. The van der Waals surface area contributed by atoms with Crippen LogP contribution in [0.25, 0.3) is 0 Å². The van der Waals surface area contributed by atoms with Gasteiger partial charge in [0.25, 0.3) is 0 Å². The molecule has 0 amide bonds. The number of rotatable bonds is 8. The third-order valence-corrected chi connectivity index (χ3v) is 2.66. The first kappa shape index (κ1) is 14.2.